The Hall–Kier alpha value is -2.77. The monoisotopic (exact) mass is 397 g/mol. The number of aliphatic hydroxyl groups excluding tert-OH is 1. The van der Waals surface area contributed by atoms with Gasteiger partial charge in [-0.25, -0.2) is 4.99 Å². The van der Waals surface area contributed by atoms with E-state index in [1.807, 2.05) is 43.3 Å². The van der Waals surface area contributed by atoms with Crippen LogP contribution in [0.5, 0.6) is 11.5 Å². The minimum absolute atomic E-state index is 0.266. The molecule has 1 unspecified atom stereocenters. The number of aliphatic imine (C=N–C) groups is 1. The Balaban J connectivity index is 1.39. The Morgan fingerprint density at radius 3 is 2.86 bits per heavy atom. The highest BCUT2D eigenvalue weighted by Crippen LogP contribution is 2.32. The van der Waals surface area contributed by atoms with Crippen LogP contribution in [0.15, 0.2) is 53.5 Å². The Kier molecular flexibility index (Phi) is 5.64. The third-order valence-electron chi connectivity index (χ3n) is 4.44. The minimum Gasteiger partial charge on any atom is -0.454 e. The van der Waals surface area contributed by atoms with Gasteiger partial charge in [0.2, 0.25) is 6.79 Å². The van der Waals surface area contributed by atoms with Gasteiger partial charge in [0, 0.05) is 22.7 Å². The van der Waals surface area contributed by atoms with Crippen molar-refractivity contribution in [3.8, 4) is 11.5 Å². The molecular formula is C21H23N3O3S. The van der Waals surface area contributed by atoms with Crippen LogP contribution < -0.4 is 20.1 Å². The van der Waals surface area contributed by atoms with Crippen LogP contribution in [0.25, 0.3) is 10.1 Å². The third kappa shape index (κ3) is 4.21. The molecule has 3 N–H and O–H groups in total. The second-order valence-corrected chi connectivity index (χ2v) is 7.58. The fraction of sp³-hybridized carbons (Fsp3) is 0.286. The maximum absolute atomic E-state index is 10.6. The highest BCUT2D eigenvalue weighted by atomic mass is 32.1. The van der Waals surface area contributed by atoms with Gasteiger partial charge >= 0.3 is 0 Å². The first-order valence-electron chi connectivity index (χ1n) is 9.30. The molecule has 0 saturated carbocycles. The van der Waals surface area contributed by atoms with Crippen molar-refractivity contribution in [3.63, 3.8) is 0 Å². The summed E-state index contributed by atoms with van der Waals surface area (Å²) in [6.45, 7) is 3.92. The first-order chi connectivity index (χ1) is 13.7. The molecule has 4 rings (SSSR count). The lowest BCUT2D eigenvalue weighted by molar-refractivity contribution is 0.174. The summed E-state index contributed by atoms with van der Waals surface area (Å²) in [4.78, 5) is 5.55. The van der Waals surface area contributed by atoms with Crippen molar-refractivity contribution in [3.05, 3.63) is 59.0 Å². The normalized spacial score (nSPS) is 14.3. The van der Waals surface area contributed by atoms with Gasteiger partial charge < -0.3 is 25.2 Å². The SMILES string of the molecule is CCNC(=NCc1ccc2c(c1)OCO2)NCC(O)c1cc2ccccc2s1. The van der Waals surface area contributed by atoms with E-state index in [9.17, 15) is 5.11 Å². The summed E-state index contributed by atoms with van der Waals surface area (Å²) < 4.78 is 11.9. The Bertz CT molecular complexity index is 953. The van der Waals surface area contributed by atoms with E-state index < -0.39 is 6.10 Å². The molecule has 3 aromatic rings. The lowest BCUT2D eigenvalue weighted by atomic mass is 10.2. The summed E-state index contributed by atoms with van der Waals surface area (Å²) >= 11 is 1.62. The van der Waals surface area contributed by atoms with Gasteiger partial charge in [-0.05, 0) is 42.1 Å². The summed E-state index contributed by atoms with van der Waals surface area (Å²) in [5.41, 5.74) is 1.03. The molecule has 0 aliphatic carbocycles. The maximum Gasteiger partial charge on any atom is 0.231 e. The van der Waals surface area contributed by atoms with E-state index in [0.29, 0.717) is 19.0 Å². The van der Waals surface area contributed by atoms with E-state index in [4.69, 9.17) is 9.47 Å². The number of ether oxygens (including phenoxy) is 2. The second kappa shape index (κ2) is 8.50. The van der Waals surface area contributed by atoms with Gasteiger partial charge in [-0.2, -0.15) is 0 Å². The number of thiophene rings is 1. The van der Waals surface area contributed by atoms with E-state index in [1.165, 1.54) is 4.70 Å². The first-order valence-corrected chi connectivity index (χ1v) is 10.1. The number of rotatable bonds is 6. The second-order valence-electron chi connectivity index (χ2n) is 6.47. The Morgan fingerprint density at radius 2 is 2.00 bits per heavy atom. The van der Waals surface area contributed by atoms with Crippen LogP contribution >= 0.6 is 11.3 Å². The van der Waals surface area contributed by atoms with E-state index in [-0.39, 0.29) is 6.79 Å². The molecule has 0 radical (unpaired) electrons. The lowest BCUT2D eigenvalue weighted by Crippen LogP contribution is -2.39. The third-order valence-corrected chi connectivity index (χ3v) is 5.65. The van der Waals surface area contributed by atoms with Crippen molar-refractivity contribution in [2.24, 2.45) is 4.99 Å². The standard InChI is InChI=1S/C21H23N3O3S/c1-2-22-21(23-11-14-7-8-17-18(9-14)27-13-26-17)24-12-16(25)20-10-15-5-3-4-6-19(15)28-20/h3-10,16,25H,2,11-13H2,1H3,(H2,22,23,24). The summed E-state index contributed by atoms with van der Waals surface area (Å²) in [6.07, 6.45) is -0.591. The molecule has 1 aromatic heterocycles. The summed E-state index contributed by atoms with van der Waals surface area (Å²) in [5, 5.41) is 18.2. The predicted octanol–water partition coefficient (Wildman–Crippen LogP) is 3.42. The van der Waals surface area contributed by atoms with Crippen LogP contribution in [0.3, 0.4) is 0 Å². The van der Waals surface area contributed by atoms with Crippen LogP contribution in [0.1, 0.15) is 23.5 Å². The highest BCUT2D eigenvalue weighted by Gasteiger charge is 2.14. The number of hydrogen-bond donors (Lipinski definition) is 3. The Labute approximate surface area is 167 Å². The smallest absolute Gasteiger partial charge is 0.231 e. The molecule has 0 spiro atoms. The summed E-state index contributed by atoms with van der Waals surface area (Å²) in [5.74, 6) is 2.19. The molecule has 6 nitrogen and oxygen atoms in total. The summed E-state index contributed by atoms with van der Waals surface area (Å²) in [7, 11) is 0. The number of nitrogens with one attached hydrogen (secondary N) is 2. The largest absolute Gasteiger partial charge is 0.454 e. The molecule has 146 valence electrons. The first kappa shape index (κ1) is 18.6. The highest BCUT2D eigenvalue weighted by molar-refractivity contribution is 7.19. The quantitative estimate of drug-likeness (QED) is 0.439. The zero-order valence-electron chi connectivity index (χ0n) is 15.6. The molecule has 2 heterocycles. The zero-order chi connectivity index (χ0) is 19.3. The van der Waals surface area contributed by atoms with Crippen molar-refractivity contribution < 1.29 is 14.6 Å². The van der Waals surface area contributed by atoms with E-state index >= 15 is 0 Å². The van der Waals surface area contributed by atoms with Crippen LogP contribution in [0, 0.1) is 0 Å². The van der Waals surface area contributed by atoms with Gasteiger partial charge in [0.25, 0.3) is 0 Å². The molecule has 1 aliphatic heterocycles. The average molecular weight is 398 g/mol. The molecular weight excluding hydrogens is 374 g/mol. The molecule has 1 aliphatic rings. The van der Waals surface area contributed by atoms with E-state index in [0.717, 1.165) is 33.9 Å². The molecule has 0 saturated heterocycles. The van der Waals surface area contributed by atoms with Gasteiger partial charge in [0.1, 0.15) is 6.10 Å². The van der Waals surface area contributed by atoms with Crippen LogP contribution in [-0.2, 0) is 6.54 Å². The van der Waals surface area contributed by atoms with E-state index in [2.05, 4.69) is 27.8 Å². The Morgan fingerprint density at radius 1 is 1.14 bits per heavy atom. The van der Waals surface area contributed by atoms with Crippen molar-refractivity contribution >= 4 is 27.4 Å². The molecule has 28 heavy (non-hydrogen) atoms. The van der Waals surface area contributed by atoms with Crippen LogP contribution in [0.4, 0.5) is 0 Å². The molecule has 0 bridgehead atoms. The molecule has 0 fully saturated rings. The fourth-order valence-electron chi connectivity index (χ4n) is 3.01. The van der Waals surface area contributed by atoms with Gasteiger partial charge in [-0.3, -0.25) is 0 Å². The lowest BCUT2D eigenvalue weighted by Gasteiger charge is -2.14. The number of hydrogen-bond acceptors (Lipinski definition) is 5. The van der Waals surface area contributed by atoms with Crippen molar-refractivity contribution in [1.82, 2.24) is 10.6 Å². The number of fused-ring (bicyclic) bond motifs is 2. The predicted molar refractivity (Wildman–Crippen MR) is 112 cm³/mol. The van der Waals surface area contributed by atoms with Crippen molar-refractivity contribution in [1.29, 1.82) is 0 Å². The topological polar surface area (TPSA) is 75.1 Å². The average Bonchev–Trinajstić information content (AvgIpc) is 3.36. The van der Waals surface area contributed by atoms with Crippen molar-refractivity contribution in [2.45, 2.75) is 19.6 Å². The molecule has 2 aromatic carbocycles. The van der Waals surface area contributed by atoms with E-state index in [1.54, 1.807) is 11.3 Å². The zero-order valence-corrected chi connectivity index (χ0v) is 16.5. The summed E-state index contributed by atoms with van der Waals surface area (Å²) in [6, 6.07) is 16.0. The van der Waals surface area contributed by atoms with Gasteiger partial charge in [-0.1, -0.05) is 24.3 Å². The number of guanidine groups is 1. The van der Waals surface area contributed by atoms with Crippen LogP contribution in [0.2, 0.25) is 0 Å². The molecule has 7 heteroatoms. The number of nitrogens with zero attached hydrogens (tertiary/aromatic N) is 1. The molecule has 1 atom stereocenters. The number of benzene rings is 2. The fourth-order valence-corrected chi connectivity index (χ4v) is 4.06. The molecule has 0 amide bonds. The van der Waals surface area contributed by atoms with Gasteiger partial charge in [-0.15, -0.1) is 11.3 Å². The van der Waals surface area contributed by atoms with Gasteiger partial charge in [0.15, 0.2) is 17.5 Å². The minimum atomic E-state index is -0.591. The van der Waals surface area contributed by atoms with Crippen LogP contribution in [-0.4, -0.2) is 30.9 Å². The van der Waals surface area contributed by atoms with Gasteiger partial charge in [0.05, 0.1) is 6.54 Å². The van der Waals surface area contributed by atoms with Crippen molar-refractivity contribution in [2.75, 3.05) is 19.9 Å². The maximum atomic E-state index is 10.6. The number of aliphatic hydroxyl groups is 1.